The van der Waals surface area contributed by atoms with Gasteiger partial charge in [-0.1, -0.05) is 38.1 Å². The molecule has 9 nitrogen and oxygen atoms in total. The van der Waals surface area contributed by atoms with Crippen molar-refractivity contribution in [1.82, 2.24) is 20.3 Å². The Morgan fingerprint density at radius 1 is 0.975 bits per heavy atom. The van der Waals surface area contributed by atoms with Crippen LogP contribution in [-0.4, -0.2) is 70.9 Å². The Hall–Kier alpha value is -2.95. The number of amides is 2. The van der Waals surface area contributed by atoms with Gasteiger partial charge < -0.3 is 16.0 Å². The third-order valence-corrected chi connectivity index (χ3v) is 9.19. The van der Waals surface area contributed by atoms with Gasteiger partial charge in [0.2, 0.25) is 5.91 Å². The lowest BCUT2D eigenvalue weighted by Gasteiger charge is -2.25. The molecule has 0 bridgehead atoms. The second-order valence-corrected chi connectivity index (χ2v) is 13.0. The Morgan fingerprint density at radius 2 is 1.65 bits per heavy atom. The van der Waals surface area contributed by atoms with Gasteiger partial charge in [0.25, 0.3) is 5.91 Å². The maximum Gasteiger partial charge on any atom is 0.303 e. The van der Waals surface area contributed by atoms with Crippen molar-refractivity contribution in [2.75, 3.05) is 38.5 Å². The van der Waals surface area contributed by atoms with Crippen LogP contribution in [0.2, 0.25) is 0 Å². The lowest BCUT2D eigenvalue weighted by Crippen LogP contribution is -2.49. The SMILES string of the molecule is CCc1cccc(CC(CN[C@@H](C)C(=O)NCC2CC2)NC(=O)c2cc(CC)cc(N(C)S(=O)(=O)N(C)C)c2)c1. The number of rotatable bonds is 15. The molecule has 2 aromatic rings. The van der Waals surface area contributed by atoms with Crippen molar-refractivity contribution in [3.8, 4) is 0 Å². The lowest BCUT2D eigenvalue weighted by molar-refractivity contribution is -0.122. The van der Waals surface area contributed by atoms with Crippen LogP contribution in [0, 0.1) is 5.92 Å². The minimum atomic E-state index is -3.71. The summed E-state index contributed by atoms with van der Waals surface area (Å²) in [6, 6.07) is 12.8. The molecule has 0 aromatic heterocycles. The highest BCUT2D eigenvalue weighted by Gasteiger charge is 2.25. The molecule has 1 aliphatic carbocycles. The molecule has 0 radical (unpaired) electrons. The predicted molar refractivity (Wildman–Crippen MR) is 161 cm³/mol. The molecular weight excluding hydrogens is 526 g/mol. The quantitative estimate of drug-likeness (QED) is 0.305. The Morgan fingerprint density at radius 3 is 2.27 bits per heavy atom. The van der Waals surface area contributed by atoms with Crippen LogP contribution in [0.5, 0.6) is 0 Å². The molecule has 2 atom stereocenters. The summed E-state index contributed by atoms with van der Waals surface area (Å²) in [6.45, 7) is 7.01. The maximum absolute atomic E-state index is 13.6. The summed E-state index contributed by atoms with van der Waals surface area (Å²) in [6.07, 6.45) is 4.48. The Labute approximate surface area is 239 Å². The second kappa shape index (κ2) is 14.1. The summed E-state index contributed by atoms with van der Waals surface area (Å²) in [5.74, 6) is 0.261. The van der Waals surface area contributed by atoms with E-state index >= 15 is 0 Å². The highest BCUT2D eigenvalue weighted by Crippen LogP contribution is 2.27. The summed E-state index contributed by atoms with van der Waals surface area (Å²) in [7, 11) is 0.715. The molecule has 40 heavy (non-hydrogen) atoms. The number of carbonyl (C=O) groups is 2. The van der Waals surface area contributed by atoms with Gasteiger partial charge in [-0.15, -0.1) is 0 Å². The summed E-state index contributed by atoms with van der Waals surface area (Å²) >= 11 is 0. The average molecular weight is 572 g/mol. The van der Waals surface area contributed by atoms with Gasteiger partial charge in [-0.2, -0.15) is 12.7 Å². The van der Waals surface area contributed by atoms with Crippen LogP contribution in [0.15, 0.2) is 42.5 Å². The minimum absolute atomic E-state index is 0.0459. The third kappa shape index (κ3) is 8.78. The van der Waals surface area contributed by atoms with Crippen LogP contribution >= 0.6 is 0 Å². The first-order chi connectivity index (χ1) is 18.9. The first-order valence-electron chi connectivity index (χ1n) is 14.1. The highest BCUT2D eigenvalue weighted by molar-refractivity contribution is 7.90. The van der Waals surface area contributed by atoms with Gasteiger partial charge in [0, 0.05) is 45.8 Å². The molecule has 0 spiro atoms. The van der Waals surface area contributed by atoms with Crippen molar-refractivity contribution >= 4 is 27.7 Å². The Bertz CT molecular complexity index is 1280. The number of hydrogen-bond acceptors (Lipinski definition) is 5. The van der Waals surface area contributed by atoms with Gasteiger partial charge in [0.15, 0.2) is 0 Å². The number of nitrogens with zero attached hydrogens (tertiary/aromatic N) is 2. The Balaban J connectivity index is 1.80. The summed E-state index contributed by atoms with van der Waals surface area (Å²) in [4.78, 5) is 26.1. The fourth-order valence-corrected chi connectivity index (χ4v) is 5.27. The number of carbonyl (C=O) groups excluding carboxylic acids is 2. The van der Waals surface area contributed by atoms with Gasteiger partial charge >= 0.3 is 10.2 Å². The van der Waals surface area contributed by atoms with Gasteiger partial charge in [-0.3, -0.25) is 13.9 Å². The molecule has 0 saturated heterocycles. The molecule has 0 aliphatic heterocycles. The maximum atomic E-state index is 13.6. The molecule has 3 rings (SSSR count). The molecule has 1 unspecified atom stereocenters. The lowest BCUT2D eigenvalue weighted by atomic mass is 10.0. The monoisotopic (exact) mass is 571 g/mol. The van der Waals surface area contributed by atoms with Gasteiger partial charge in [-0.25, -0.2) is 0 Å². The van der Waals surface area contributed by atoms with Crippen LogP contribution in [-0.2, 0) is 34.3 Å². The van der Waals surface area contributed by atoms with Crippen LogP contribution in [0.1, 0.15) is 60.7 Å². The van der Waals surface area contributed by atoms with Gasteiger partial charge in [0.05, 0.1) is 11.7 Å². The van der Waals surface area contributed by atoms with E-state index in [1.807, 2.05) is 26.0 Å². The van der Waals surface area contributed by atoms with E-state index in [0.717, 1.165) is 21.9 Å². The van der Waals surface area contributed by atoms with E-state index in [2.05, 4.69) is 35.0 Å². The Kier molecular flexibility index (Phi) is 11.1. The van der Waals surface area contributed by atoms with Gasteiger partial charge in [0.1, 0.15) is 0 Å². The van der Waals surface area contributed by atoms with Gasteiger partial charge in [-0.05, 0) is 79.8 Å². The van der Waals surface area contributed by atoms with Crippen LogP contribution in [0.4, 0.5) is 5.69 Å². The molecule has 1 fully saturated rings. The summed E-state index contributed by atoms with van der Waals surface area (Å²) < 4.78 is 27.8. The molecule has 2 amide bonds. The van der Waals surface area contributed by atoms with Crippen LogP contribution in [0.3, 0.4) is 0 Å². The summed E-state index contributed by atoms with van der Waals surface area (Å²) in [5.41, 5.74) is 3.97. The van der Waals surface area contributed by atoms with Crippen molar-refractivity contribution in [2.24, 2.45) is 5.92 Å². The van der Waals surface area contributed by atoms with E-state index in [1.54, 1.807) is 18.2 Å². The number of benzene rings is 2. The van der Waals surface area contributed by atoms with Crippen LogP contribution < -0.4 is 20.3 Å². The molecular formula is C30H45N5O4S. The molecule has 220 valence electrons. The average Bonchev–Trinajstić information content (AvgIpc) is 3.78. The molecule has 1 saturated carbocycles. The number of aryl methyl sites for hydroxylation is 2. The van der Waals surface area contributed by atoms with E-state index in [-0.39, 0.29) is 17.9 Å². The van der Waals surface area contributed by atoms with Crippen molar-refractivity contribution in [2.45, 2.75) is 65.0 Å². The zero-order chi connectivity index (χ0) is 29.4. The fourth-order valence-electron chi connectivity index (χ4n) is 4.40. The van der Waals surface area contributed by atoms with Crippen molar-refractivity contribution in [3.05, 3.63) is 64.7 Å². The largest absolute Gasteiger partial charge is 0.354 e. The fraction of sp³-hybridized carbons (Fsp3) is 0.533. The zero-order valence-corrected chi connectivity index (χ0v) is 25.5. The summed E-state index contributed by atoms with van der Waals surface area (Å²) in [5, 5.41) is 9.44. The zero-order valence-electron chi connectivity index (χ0n) is 24.7. The van der Waals surface area contributed by atoms with Crippen molar-refractivity contribution in [3.63, 3.8) is 0 Å². The highest BCUT2D eigenvalue weighted by atomic mass is 32.2. The van der Waals surface area contributed by atoms with E-state index in [9.17, 15) is 18.0 Å². The number of anilines is 1. The molecule has 1 aliphatic rings. The van der Waals surface area contributed by atoms with Crippen molar-refractivity contribution in [1.29, 1.82) is 0 Å². The topological polar surface area (TPSA) is 111 Å². The standard InChI is InChI=1S/C30H45N5O4S/c1-7-22-10-9-11-25(14-22)16-27(20-31-21(3)29(36)32-19-24-12-13-24)33-30(37)26-15-23(8-2)17-28(18-26)35(6)40(38,39)34(4)5/h9-11,14-15,17-18,21,24,27,31H,7-8,12-13,16,19-20H2,1-6H3,(H,32,36)(H,33,37)/t21-,27?/m0/s1. The third-order valence-electron chi connectivity index (χ3n) is 7.36. The number of nitrogens with one attached hydrogen (secondary N) is 3. The smallest absolute Gasteiger partial charge is 0.303 e. The molecule has 2 aromatic carbocycles. The number of hydrogen-bond donors (Lipinski definition) is 3. The molecule has 0 heterocycles. The first-order valence-corrected chi connectivity index (χ1v) is 15.5. The first kappa shape index (κ1) is 31.6. The normalized spacial score (nSPS) is 15.0. The minimum Gasteiger partial charge on any atom is -0.354 e. The molecule has 10 heteroatoms. The van der Waals surface area contributed by atoms with Crippen molar-refractivity contribution < 1.29 is 18.0 Å². The van der Waals surface area contributed by atoms with E-state index < -0.39 is 16.3 Å². The van der Waals surface area contributed by atoms with E-state index in [4.69, 9.17) is 0 Å². The second-order valence-electron chi connectivity index (χ2n) is 10.9. The molecule has 3 N–H and O–H groups in total. The van der Waals surface area contributed by atoms with E-state index in [0.29, 0.717) is 43.1 Å². The van der Waals surface area contributed by atoms with E-state index in [1.165, 1.54) is 43.9 Å². The predicted octanol–water partition coefficient (Wildman–Crippen LogP) is 2.90. The van der Waals surface area contributed by atoms with Crippen LogP contribution in [0.25, 0.3) is 0 Å².